The molecule has 20 heavy (non-hydrogen) atoms. The van der Waals surface area contributed by atoms with Crippen molar-refractivity contribution in [2.75, 3.05) is 6.26 Å². The van der Waals surface area contributed by atoms with E-state index in [9.17, 15) is 13.6 Å². The first kappa shape index (κ1) is 14.7. The molecule has 0 fully saturated rings. The molecule has 1 nitrogen and oxygen atoms in total. The zero-order valence-electron chi connectivity index (χ0n) is 11.0. The molecule has 0 aromatic heterocycles. The van der Waals surface area contributed by atoms with Crippen LogP contribution in [0.15, 0.2) is 48.5 Å². The van der Waals surface area contributed by atoms with Gasteiger partial charge < -0.3 is 0 Å². The van der Waals surface area contributed by atoms with Gasteiger partial charge in [0.05, 0.1) is 10.8 Å². The molecule has 0 aliphatic heterocycles. The molecule has 2 aromatic rings. The fourth-order valence-corrected chi connectivity index (χ4v) is 2.67. The Bertz CT molecular complexity index is 599. The summed E-state index contributed by atoms with van der Waals surface area (Å²) in [5.74, 6) is -1.79. The number of thioether (sulfide) groups is 1. The highest BCUT2D eigenvalue weighted by molar-refractivity contribution is 7.99. The second-order valence-corrected chi connectivity index (χ2v) is 5.44. The molecule has 2 rings (SSSR count). The maximum atomic E-state index is 13.7. The maximum absolute atomic E-state index is 13.7. The lowest BCUT2D eigenvalue weighted by molar-refractivity contribution is 0.0985. The molecule has 4 heteroatoms. The minimum Gasteiger partial charge on any atom is -0.293 e. The van der Waals surface area contributed by atoms with Crippen molar-refractivity contribution in [3.63, 3.8) is 0 Å². The predicted molar refractivity (Wildman–Crippen MR) is 78.1 cm³/mol. The standard InChI is InChI=1S/C16H14F2OS/c1-20-15(9-11-5-3-2-4-6-11)16(19)13-8-7-12(17)10-14(13)18/h2-8,10,15H,9H2,1H3. The fraction of sp³-hybridized carbons (Fsp3) is 0.188. The van der Waals surface area contributed by atoms with Crippen molar-refractivity contribution in [1.29, 1.82) is 0 Å². The molecular formula is C16H14F2OS. The Morgan fingerprint density at radius 1 is 1.15 bits per heavy atom. The van der Waals surface area contributed by atoms with Crippen LogP contribution in [-0.4, -0.2) is 17.3 Å². The van der Waals surface area contributed by atoms with Gasteiger partial charge in [-0.15, -0.1) is 0 Å². The smallest absolute Gasteiger partial charge is 0.179 e. The monoisotopic (exact) mass is 292 g/mol. The van der Waals surface area contributed by atoms with Gasteiger partial charge in [-0.25, -0.2) is 8.78 Å². The minimum absolute atomic E-state index is 0.0540. The topological polar surface area (TPSA) is 17.1 Å². The molecule has 1 atom stereocenters. The van der Waals surface area contributed by atoms with Crippen molar-refractivity contribution >= 4 is 17.5 Å². The molecule has 104 valence electrons. The Kier molecular flexibility index (Phi) is 4.90. The van der Waals surface area contributed by atoms with Gasteiger partial charge in [0, 0.05) is 6.07 Å². The van der Waals surface area contributed by atoms with Crippen LogP contribution in [-0.2, 0) is 6.42 Å². The van der Waals surface area contributed by atoms with Crippen LogP contribution in [0, 0.1) is 11.6 Å². The Hall–Kier alpha value is -1.68. The number of hydrogen-bond donors (Lipinski definition) is 0. The van der Waals surface area contributed by atoms with Gasteiger partial charge in [-0.1, -0.05) is 30.3 Å². The number of rotatable bonds is 5. The third kappa shape index (κ3) is 3.45. The van der Waals surface area contributed by atoms with E-state index in [4.69, 9.17) is 0 Å². The average molecular weight is 292 g/mol. The first-order valence-electron chi connectivity index (χ1n) is 6.18. The number of ketones is 1. The number of halogens is 2. The largest absolute Gasteiger partial charge is 0.293 e. The number of benzene rings is 2. The molecule has 0 amide bonds. The van der Waals surface area contributed by atoms with E-state index in [1.54, 1.807) is 0 Å². The second kappa shape index (κ2) is 6.66. The molecule has 0 saturated carbocycles. The van der Waals surface area contributed by atoms with Crippen molar-refractivity contribution in [2.24, 2.45) is 0 Å². The third-order valence-corrected chi connectivity index (χ3v) is 3.99. The number of carbonyl (C=O) groups excluding carboxylic acids is 1. The SMILES string of the molecule is CSC(Cc1ccccc1)C(=O)c1ccc(F)cc1F. The summed E-state index contributed by atoms with van der Waals surface area (Å²) < 4.78 is 26.6. The molecule has 0 bridgehead atoms. The summed E-state index contributed by atoms with van der Waals surface area (Å²) in [6.07, 6.45) is 2.34. The van der Waals surface area contributed by atoms with Crippen LogP contribution >= 0.6 is 11.8 Å². The van der Waals surface area contributed by atoms with Crippen molar-refractivity contribution in [1.82, 2.24) is 0 Å². The number of Topliss-reactive ketones (excluding diaryl/α,β-unsaturated/α-hetero) is 1. The van der Waals surface area contributed by atoms with Gasteiger partial charge >= 0.3 is 0 Å². The van der Waals surface area contributed by atoms with Gasteiger partial charge in [0.1, 0.15) is 11.6 Å². The zero-order valence-corrected chi connectivity index (χ0v) is 11.8. The van der Waals surface area contributed by atoms with E-state index >= 15 is 0 Å². The van der Waals surface area contributed by atoms with Crippen molar-refractivity contribution in [3.8, 4) is 0 Å². The van der Waals surface area contributed by atoms with E-state index in [1.165, 1.54) is 17.8 Å². The van der Waals surface area contributed by atoms with E-state index in [2.05, 4.69) is 0 Å². The Labute approximate surface area is 121 Å². The van der Waals surface area contributed by atoms with Gasteiger partial charge in [0.25, 0.3) is 0 Å². The molecule has 0 saturated heterocycles. The molecule has 2 aromatic carbocycles. The molecule has 0 N–H and O–H groups in total. The molecular weight excluding hydrogens is 278 g/mol. The average Bonchev–Trinajstić information content (AvgIpc) is 2.45. The molecule has 0 heterocycles. The van der Waals surface area contributed by atoms with Crippen LogP contribution in [0.1, 0.15) is 15.9 Å². The predicted octanol–water partition coefficient (Wildman–Crippen LogP) is 4.12. The van der Waals surface area contributed by atoms with E-state index < -0.39 is 11.6 Å². The van der Waals surface area contributed by atoms with E-state index in [-0.39, 0.29) is 16.6 Å². The number of hydrogen-bond acceptors (Lipinski definition) is 2. The van der Waals surface area contributed by atoms with Gasteiger partial charge in [-0.05, 0) is 30.4 Å². The van der Waals surface area contributed by atoms with Gasteiger partial charge in [-0.3, -0.25) is 4.79 Å². The highest BCUT2D eigenvalue weighted by Crippen LogP contribution is 2.21. The third-order valence-electron chi connectivity index (χ3n) is 3.04. The summed E-state index contributed by atoms with van der Waals surface area (Å²) in [6.45, 7) is 0. The summed E-state index contributed by atoms with van der Waals surface area (Å²) in [5, 5.41) is -0.377. The summed E-state index contributed by atoms with van der Waals surface area (Å²) in [4.78, 5) is 12.3. The Morgan fingerprint density at radius 3 is 2.45 bits per heavy atom. The van der Waals surface area contributed by atoms with Gasteiger partial charge in [0.15, 0.2) is 5.78 Å². The Balaban J connectivity index is 2.21. The lowest BCUT2D eigenvalue weighted by atomic mass is 10.0. The summed E-state index contributed by atoms with van der Waals surface area (Å²) in [5.41, 5.74) is 0.962. The van der Waals surface area contributed by atoms with Crippen LogP contribution in [0.4, 0.5) is 8.78 Å². The van der Waals surface area contributed by atoms with Gasteiger partial charge in [-0.2, -0.15) is 11.8 Å². The first-order chi connectivity index (χ1) is 9.61. The summed E-state index contributed by atoms with van der Waals surface area (Å²) in [6, 6.07) is 12.6. The van der Waals surface area contributed by atoms with E-state index in [1.807, 2.05) is 36.6 Å². The van der Waals surface area contributed by atoms with Crippen molar-refractivity contribution in [3.05, 3.63) is 71.3 Å². The molecule has 1 unspecified atom stereocenters. The second-order valence-electron chi connectivity index (χ2n) is 4.40. The quantitative estimate of drug-likeness (QED) is 0.771. The molecule has 0 spiro atoms. The van der Waals surface area contributed by atoms with E-state index in [0.717, 1.165) is 17.7 Å². The van der Waals surface area contributed by atoms with Crippen LogP contribution in [0.2, 0.25) is 0 Å². The Morgan fingerprint density at radius 2 is 1.85 bits per heavy atom. The fourth-order valence-electron chi connectivity index (χ4n) is 1.97. The minimum atomic E-state index is -0.804. The van der Waals surface area contributed by atoms with Crippen molar-refractivity contribution in [2.45, 2.75) is 11.7 Å². The van der Waals surface area contributed by atoms with Crippen molar-refractivity contribution < 1.29 is 13.6 Å². The molecule has 0 radical (unpaired) electrons. The highest BCUT2D eigenvalue weighted by Gasteiger charge is 2.22. The first-order valence-corrected chi connectivity index (χ1v) is 7.46. The van der Waals surface area contributed by atoms with E-state index in [0.29, 0.717) is 6.42 Å². The van der Waals surface area contributed by atoms with Crippen LogP contribution in [0.3, 0.4) is 0 Å². The lowest BCUT2D eigenvalue weighted by Gasteiger charge is -2.14. The van der Waals surface area contributed by atoms with Gasteiger partial charge in [0.2, 0.25) is 0 Å². The lowest BCUT2D eigenvalue weighted by Crippen LogP contribution is -2.21. The molecule has 0 aliphatic carbocycles. The van der Waals surface area contributed by atoms with Crippen LogP contribution < -0.4 is 0 Å². The summed E-state index contributed by atoms with van der Waals surface area (Å²) in [7, 11) is 0. The van der Waals surface area contributed by atoms with Crippen LogP contribution in [0.25, 0.3) is 0 Å². The van der Waals surface area contributed by atoms with Crippen LogP contribution in [0.5, 0.6) is 0 Å². The maximum Gasteiger partial charge on any atom is 0.179 e. The number of carbonyl (C=O) groups is 1. The zero-order chi connectivity index (χ0) is 14.5. The molecule has 0 aliphatic rings. The summed E-state index contributed by atoms with van der Waals surface area (Å²) >= 11 is 1.37. The normalized spacial score (nSPS) is 12.2. The highest BCUT2D eigenvalue weighted by atomic mass is 32.2.